The molecule has 0 saturated carbocycles. The first-order valence-corrected chi connectivity index (χ1v) is 9.66. The molecule has 2 heterocycles. The average Bonchev–Trinajstić information content (AvgIpc) is 3.27. The van der Waals surface area contributed by atoms with Crippen LogP contribution in [0.1, 0.15) is 34.1 Å². The molecular weight excluding hydrogens is 378 g/mol. The Morgan fingerprint density at radius 2 is 2.07 bits per heavy atom. The molecular formula is C20H21N3O4S. The number of aryl methyl sites for hydroxylation is 3. The van der Waals surface area contributed by atoms with Gasteiger partial charge in [-0.2, -0.15) is 0 Å². The van der Waals surface area contributed by atoms with E-state index >= 15 is 0 Å². The number of carbonyl (C=O) groups is 2. The van der Waals surface area contributed by atoms with E-state index in [-0.39, 0.29) is 23.6 Å². The predicted molar refractivity (Wildman–Crippen MR) is 108 cm³/mol. The van der Waals surface area contributed by atoms with E-state index < -0.39 is 5.97 Å². The number of hydrogen-bond donors (Lipinski definition) is 3. The molecule has 0 aliphatic heterocycles. The molecule has 0 atom stereocenters. The van der Waals surface area contributed by atoms with Gasteiger partial charge in [0.05, 0.1) is 5.69 Å². The van der Waals surface area contributed by atoms with Crippen molar-refractivity contribution in [2.75, 3.05) is 5.32 Å². The molecule has 1 amide bonds. The van der Waals surface area contributed by atoms with E-state index in [4.69, 9.17) is 0 Å². The van der Waals surface area contributed by atoms with Gasteiger partial charge in [0.25, 0.3) is 0 Å². The Hall–Kier alpha value is -3.13. The number of aromatic carboxylic acids is 1. The van der Waals surface area contributed by atoms with Crippen LogP contribution < -0.4 is 5.32 Å². The standard InChI is InChI=1S/C20H21N3O4S/c1-3-23-10-16(20(26)27)17(11-23)22-18(25)7-5-14-9-21-19(28-14)15-6-4-13(24)8-12(15)2/h4,6,8-11,24H,3,5,7H2,1-2H3,(H,22,25)(H,26,27). The Bertz CT molecular complexity index is 1020. The lowest BCUT2D eigenvalue weighted by atomic mass is 10.1. The molecule has 3 N–H and O–H groups in total. The molecule has 0 saturated heterocycles. The lowest BCUT2D eigenvalue weighted by molar-refractivity contribution is -0.116. The Balaban J connectivity index is 1.64. The minimum absolute atomic E-state index is 0.0816. The molecule has 1 aromatic carbocycles. The summed E-state index contributed by atoms with van der Waals surface area (Å²) in [6, 6.07) is 5.14. The van der Waals surface area contributed by atoms with Crippen LogP contribution in [0.25, 0.3) is 10.6 Å². The highest BCUT2D eigenvalue weighted by Crippen LogP contribution is 2.30. The van der Waals surface area contributed by atoms with Crippen molar-refractivity contribution in [1.29, 1.82) is 0 Å². The summed E-state index contributed by atoms with van der Waals surface area (Å²) >= 11 is 1.50. The Labute approximate surface area is 166 Å². The van der Waals surface area contributed by atoms with Crippen molar-refractivity contribution in [1.82, 2.24) is 9.55 Å². The van der Waals surface area contributed by atoms with Crippen LogP contribution in [-0.4, -0.2) is 31.6 Å². The van der Waals surface area contributed by atoms with Crippen LogP contribution in [0.15, 0.2) is 36.8 Å². The fourth-order valence-corrected chi connectivity index (χ4v) is 3.85. The van der Waals surface area contributed by atoms with Crippen molar-refractivity contribution in [3.05, 3.63) is 52.8 Å². The van der Waals surface area contributed by atoms with Crippen LogP contribution >= 0.6 is 11.3 Å². The van der Waals surface area contributed by atoms with Gasteiger partial charge in [0.15, 0.2) is 0 Å². The van der Waals surface area contributed by atoms with E-state index in [1.54, 1.807) is 29.1 Å². The van der Waals surface area contributed by atoms with Gasteiger partial charge in [0, 0.05) is 42.0 Å². The van der Waals surface area contributed by atoms with Gasteiger partial charge in [-0.25, -0.2) is 9.78 Å². The van der Waals surface area contributed by atoms with Gasteiger partial charge < -0.3 is 20.1 Å². The number of nitrogens with one attached hydrogen (secondary N) is 1. The Morgan fingerprint density at radius 1 is 1.29 bits per heavy atom. The highest BCUT2D eigenvalue weighted by Gasteiger charge is 2.16. The number of benzene rings is 1. The maximum Gasteiger partial charge on any atom is 0.339 e. The summed E-state index contributed by atoms with van der Waals surface area (Å²) in [6.07, 6.45) is 5.62. The minimum Gasteiger partial charge on any atom is -0.508 e. The lowest BCUT2D eigenvalue weighted by Crippen LogP contribution is -2.13. The number of phenolic OH excluding ortho intramolecular Hbond substituents is 1. The predicted octanol–water partition coefficient (Wildman–Crippen LogP) is 3.92. The third kappa shape index (κ3) is 4.40. The fraction of sp³-hybridized carbons (Fsp3) is 0.250. The van der Waals surface area contributed by atoms with E-state index in [2.05, 4.69) is 10.3 Å². The third-order valence-electron chi connectivity index (χ3n) is 4.34. The maximum atomic E-state index is 12.3. The van der Waals surface area contributed by atoms with Crippen LogP contribution in [0.4, 0.5) is 5.69 Å². The highest BCUT2D eigenvalue weighted by atomic mass is 32.1. The first-order chi connectivity index (χ1) is 13.4. The summed E-state index contributed by atoms with van der Waals surface area (Å²) < 4.78 is 1.72. The summed E-state index contributed by atoms with van der Waals surface area (Å²) in [4.78, 5) is 29.0. The van der Waals surface area contributed by atoms with E-state index in [1.807, 2.05) is 19.9 Å². The third-order valence-corrected chi connectivity index (χ3v) is 5.43. The van der Waals surface area contributed by atoms with Crippen molar-refractivity contribution in [2.45, 2.75) is 33.2 Å². The zero-order chi connectivity index (χ0) is 20.3. The van der Waals surface area contributed by atoms with E-state index in [0.717, 1.165) is 21.0 Å². The number of aromatic hydroxyl groups is 1. The van der Waals surface area contributed by atoms with Crippen LogP contribution in [0, 0.1) is 6.92 Å². The normalized spacial score (nSPS) is 10.8. The number of phenols is 1. The second-order valence-corrected chi connectivity index (χ2v) is 7.52. The molecule has 7 nitrogen and oxygen atoms in total. The monoisotopic (exact) mass is 399 g/mol. The second kappa shape index (κ2) is 8.26. The molecule has 3 rings (SSSR count). The molecule has 0 spiro atoms. The van der Waals surface area contributed by atoms with Gasteiger partial charge in [-0.3, -0.25) is 4.79 Å². The maximum absolute atomic E-state index is 12.3. The minimum atomic E-state index is -1.07. The first-order valence-electron chi connectivity index (χ1n) is 8.85. The summed E-state index contributed by atoms with van der Waals surface area (Å²) in [7, 11) is 0. The van der Waals surface area contributed by atoms with Crippen molar-refractivity contribution in [3.8, 4) is 16.3 Å². The first kappa shape index (κ1) is 19.6. The van der Waals surface area contributed by atoms with Crippen molar-refractivity contribution >= 4 is 28.9 Å². The number of carboxylic acids is 1. The molecule has 3 aromatic rings. The number of amides is 1. The smallest absolute Gasteiger partial charge is 0.339 e. The van der Waals surface area contributed by atoms with E-state index in [9.17, 15) is 19.8 Å². The molecule has 0 aliphatic carbocycles. The van der Waals surface area contributed by atoms with Crippen LogP contribution in [0.2, 0.25) is 0 Å². The van der Waals surface area contributed by atoms with Gasteiger partial charge in [-0.15, -0.1) is 11.3 Å². The van der Waals surface area contributed by atoms with Crippen molar-refractivity contribution < 1.29 is 19.8 Å². The van der Waals surface area contributed by atoms with Crippen LogP contribution in [-0.2, 0) is 17.8 Å². The molecule has 28 heavy (non-hydrogen) atoms. The fourth-order valence-electron chi connectivity index (χ4n) is 2.85. The number of rotatable bonds is 7. The van der Waals surface area contributed by atoms with Gasteiger partial charge in [-0.05, 0) is 44.0 Å². The van der Waals surface area contributed by atoms with E-state index in [1.165, 1.54) is 17.5 Å². The summed E-state index contributed by atoms with van der Waals surface area (Å²) in [5.74, 6) is -1.10. The van der Waals surface area contributed by atoms with E-state index in [0.29, 0.717) is 18.7 Å². The zero-order valence-corrected chi connectivity index (χ0v) is 16.4. The number of thiazole rings is 1. The van der Waals surface area contributed by atoms with Gasteiger partial charge >= 0.3 is 5.97 Å². The molecule has 0 aliphatic rings. The molecule has 0 bridgehead atoms. The summed E-state index contributed by atoms with van der Waals surface area (Å²) in [6.45, 7) is 4.43. The van der Waals surface area contributed by atoms with Gasteiger partial charge in [0.1, 0.15) is 16.3 Å². The Kier molecular flexibility index (Phi) is 5.79. The van der Waals surface area contributed by atoms with Crippen LogP contribution in [0.5, 0.6) is 5.75 Å². The molecule has 0 radical (unpaired) electrons. The highest BCUT2D eigenvalue weighted by molar-refractivity contribution is 7.15. The van der Waals surface area contributed by atoms with Gasteiger partial charge in [0.2, 0.25) is 5.91 Å². The largest absolute Gasteiger partial charge is 0.508 e. The number of anilines is 1. The summed E-state index contributed by atoms with van der Waals surface area (Å²) in [5.41, 5.74) is 2.27. The van der Waals surface area contributed by atoms with Crippen molar-refractivity contribution in [3.63, 3.8) is 0 Å². The van der Waals surface area contributed by atoms with Crippen molar-refractivity contribution in [2.24, 2.45) is 0 Å². The molecule has 8 heteroatoms. The lowest BCUT2D eigenvalue weighted by Gasteiger charge is -2.04. The van der Waals surface area contributed by atoms with Crippen LogP contribution in [0.3, 0.4) is 0 Å². The second-order valence-electron chi connectivity index (χ2n) is 6.40. The number of carboxylic acid groups (broad SMARTS) is 1. The number of carbonyl (C=O) groups excluding carboxylic acids is 1. The molecule has 146 valence electrons. The number of hydrogen-bond acceptors (Lipinski definition) is 5. The Morgan fingerprint density at radius 3 is 2.75 bits per heavy atom. The summed E-state index contributed by atoms with van der Waals surface area (Å²) in [5, 5.41) is 22.3. The number of aromatic nitrogens is 2. The molecule has 0 fully saturated rings. The van der Waals surface area contributed by atoms with Gasteiger partial charge in [-0.1, -0.05) is 0 Å². The molecule has 0 unspecified atom stereocenters. The average molecular weight is 399 g/mol. The molecule has 2 aromatic heterocycles. The quantitative estimate of drug-likeness (QED) is 0.559. The topological polar surface area (TPSA) is 104 Å². The zero-order valence-electron chi connectivity index (χ0n) is 15.6. The number of nitrogens with zero attached hydrogens (tertiary/aromatic N) is 2. The SMILES string of the molecule is CCn1cc(NC(=O)CCc2cnc(-c3ccc(O)cc3C)s2)c(C(=O)O)c1.